The van der Waals surface area contributed by atoms with Gasteiger partial charge in [-0.25, -0.2) is 0 Å². The molecule has 3 rings (SSSR count). The molecule has 0 N–H and O–H groups in total. The molecule has 2 aliphatic rings. The Kier molecular flexibility index (Phi) is 5.48. The first kappa shape index (κ1) is 16.9. The summed E-state index contributed by atoms with van der Waals surface area (Å²) in [5.41, 5.74) is 2.24. The normalized spacial score (nSPS) is 17.8. The van der Waals surface area contributed by atoms with Crippen LogP contribution >= 0.6 is 0 Å². The minimum atomic E-state index is 0.0550. The fourth-order valence-corrected chi connectivity index (χ4v) is 3.31. The van der Waals surface area contributed by atoms with Gasteiger partial charge in [0.05, 0.1) is 26.3 Å². The summed E-state index contributed by atoms with van der Waals surface area (Å²) in [6.07, 6.45) is 2.00. The van der Waals surface area contributed by atoms with Crippen LogP contribution in [0.4, 0.5) is 5.69 Å². The number of anilines is 1. The highest BCUT2D eigenvalue weighted by Gasteiger charge is 2.24. The molecule has 0 bridgehead atoms. The van der Waals surface area contributed by atoms with Crippen LogP contribution in [0.3, 0.4) is 0 Å². The Balaban J connectivity index is 1.56. The topological polar surface area (TPSA) is 53.1 Å². The molecule has 24 heavy (non-hydrogen) atoms. The zero-order chi connectivity index (χ0) is 16.9. The number of carbonyl (C=O) groups excluding carboxylic acids is 2. The van der Waals surface area contributed by atoms with E-state index in [1.54, 1.807) is 9.80 Å². The first-order valence-electron chi connectivity index (χ1n) is 8.57. The predicted octanol–water partition coefficient (Wildman–Crippen LogP) is 0.756. The van der Waals surface area contributed by atoms with Gasteiger partial charge in [-0.05, 0) is 31.5 Å². The summed E-state index contributed by atoms with van der Waals surface area (Å²) in [5, 5.41) is 0. The smallest absolute Gasteiger partial charge is 0.241 e. The number of hydrogen-bond acceptors (Lipinski definition) is 4. The largest absolute Gasteiger partial charge is 0.378 e. The predicted molar refractivity (Wildman–Crippen MR) is 92.0 cm³/mol. The summed E-state index contributed by atoms with van der Waals surface area (Å²) >= 11 is 0. The lowest BCUT2D eigenvalue weighted by Gasteiger charge is -2.32. The lowest BCUT2D eigenvalue weighted by Crippen LogP contribution is -2.47. The minimum absolute atomic E-state index is 0.0550. The number of nitrogens with zero attached hydrogens (tertiary/aromatic N) is 3. The number of hydrogen-bond donors (Lipinski definition) is 0. The Labute approximate surface area is 143 Å². The third-order valence-electron chi connectivity index (χ3n) is 4.59. The monoisotopic (exact) mass is 331 g/mol. The van der Waals surface area contributed by atoms with Gasteiger partial charge in [0.2, 0.25) is 11.8 Å². The number of para-hydroxylation sites is 1. The summed E-state index contributed by atoms with van der Waals surface area (Å²) in [5.74, 6) is 0.118. The number of benzene rings is 1. The maximum absolute atomic E-state index is 12.7. The number of rotatable bonds is 4. The molecule has 130 valence electrons. The Morgan fingerprint density at radius 3 is 2.58 bits per heavy atom. The molecule has 2 heterocycles. The summed E-state index contributed by atoms with van der Waals surface area (Å²) in [6.45, 7) is 3.74. The molecule has 1 saturated heterocycles. The van der Waals surface area contributed by atoms with E-state index in [4.69, 9.17) is 4.74 Å². The van der Waals surface area contributed by atoms with Crippen molar-refractivity contribution in [1.29, 1.82) is 0 Å². The van der Waals surface area contributed by atoms with Crippen molar-refractivity contribution in [3.05, 3.63) is 29.8 Å². The van der Waals surface area contributed by atoms with Crippen LogP contribution in [0.1, 0.15) is 12.0 Å². The molecule has 1 aromatic rings. The van der Waals surface area contributed by atoms with Crippen molar-refractivity contribution in [2.45, 2.75) is 12.8 Å². The molecule has 1 fully saturated rings. The van der Waals surface area contributed by atoms with Gasteiger partial charge in [0.15, 0.2) is 0 Å². The summed E-state index contributed by atoms with van der Waals surface area (Å²) in [6, 6.07) is 8.07. The second kappa shape index (κ2) is 7.77. The molecule has 0 saturated carbocycles. The highest BCUT2D eigenvalue weighted by molar-refractivity contribution is 5.96. The fraction of sp³-hybridized carbons (Fsp3) is 0.556. The second-order valence-electron chi connectivity index (χ2n) is 6.44. The Morgan fingerprint density at radius 1 is 1.08 bits per heavy atom. The Hall–Kier alpha value is -1.92. The molecule has 0 spiro atoms. The number of carbonyl (C=O) groups is 2. The van der Waals surface area contributed by atoms with E-state index in [-0.39, 0.29) is 24.9 Å². The van der Waals surface area contributed by atoms with E-state index < -0.39 is 0 Å². The van der Waals surface area contributed by atoms with Crippen LogP contribution in [0.5, 0.6) is 0 Å². The average Bonchev–Trinajstić information content (AvgIpc) is 2.61. The number of fused-ring (bicyclic) bond motifs is 1. The van der Waals surface area contributed by atoms with Crippen LogP contribution in [0.2, 0.25) is 0 Å². The molecule has 2 aliphatic heterocycles. The Bertz CT molecular complexity index is 599. The third kappa shape index (κ3) is 3.94. The molecule has 2 amide bonds. The molecule has 1 aromatic carbocycles. The van der Waals surface area contributed by atoms with E-state index in [9.17, 15) is 9.59 Å². The second-order valence-corrected chi connectivity index (χ2v) is 6.44. The molecule has 6 heteroatoms. The van der Waals surface area contributed by atoms with Gasteiger partial charge in [0.25, 0.3) is 0 Å². The first-order valence-corrected chi connectivity index (χ1v) is 8.57. The standard InChI is InChI=1S/C18H25N3O3/c1-19(13-17(22)20-9-11-24-12-10-20)14-18(23)21-8-4-6-15-5-2-3-7-16(15)21/h2-3,5,7H,4,6,8-14H2,1H3. The van der Waals surface area contributed by atoms with Crippen LogP contribution in [-0.2, 0) is 20.7 Å². The van der Waals surface area contributed by atoms with Gasteiger partial charge in [0, 0.05) is 25.3 Å². The third-order valence-corrected chi connectivity index (χ3v) is 4.59. The van der Waals surface area contributed by atoms with Crippen LogP contribution in [0.15, 0.2) is 24.3 Å². The van der Waals surface area contributed by atoms with Crippen LogP contribution in [-0.4, -0.2) is 74.6 Å². The van der Waals surface area contributed by atoms with Gasteiger partial charge in [-0.3, -0.25) is 14.5 Å². The molecule has 0 aliphatic carbocycles. The van der Waals surface area contributed by atoms with Crippen molar-refractivity contribution in [3.63, 3.8) is 0 Å². The van der Waals surface area contributed by atoms with E-state index in [0.29, 0.717) is 26.3 Å². The van der Waals surface area contributed by atoms with Crippen molar-refractivity contribution in [2.24, 2.45) is 0 Å². The number of amides is 2. The molecule has 0 aromatic heterocycles. The van der Waals surface area contributed by atoms with Gasteiger partial charge in [-0.2, -0.15) is 0 Å². The lowest BCUT2D eigenvalue weighted by molar-refractivity contribution is -0.136. The van der Waals surface area contributed by atoms with Crippen LogP contribution in [0, 0.1) is 0 Å². The fourth-order valence-electron chi connectivity index (χ4n) is 3.31. The van der Waals surface area contributed by atoms with E-state index in [1.807, 2.05) is 30.1 Å². The maximum atomic E-state index is 12.7. The van der Waals surface area contributed by atoms with Crippen molar-refractivity contribution in [1.82, 2.24) is 9.80 Å². The molecule has 0 unspecified atom stereocenters. The zero-order valence-corrected chi connectivity index (χ0v) is 14.2. The quantitative estimate of drug-likeness (QED) is 0.817. The zero-order valence-electron chi connectivity index (χ0n) is 14.2. The number of likely N-dealkylation sites (N-methyl/N-ethyl adjacent to an activating group) is 1. The summed E-state index contributed by atoms with van der Waals surface area (Å²) in [4.78, 5) is 30.4. The van der Waals surface area contributed by atoms with Crippen LogP contribution in [0.25, 0.3) is 0 Å². The van der Waals surface area contributed by atoms with E-state index in [1.165, 1.54) is 5.56 Å². The van der Waals surface area contributed by atoms with E-state index in [2.05, 4.69) is 6.07 Å². The number of aryl methyl sites for hydroxylation is 1. The highest BCUT2D eigenvalue weighted by Crippen LogP contribution is 2.26. The molecule has 6 nitrogen and oxygen atoms in total. The van der Waals surface area contributed by atoms with Crippen LogP contribution < -0.4 is 4.90 Å². The maximum Gasteiger partial charge on any atom is 0.241 e. The summed E-state index contributed by atoms with van der Waals surface area (Å²) < 4.78 is 5.26. The highest BCUT2D eigenvalue weighted by atomic mass is 16.5. The van der Waals surface area contributed by atoms with Crippen molar-refractivity contribution >= 4 is 17.5 Å². The van der Waals surface area contributed by atoms with Crippen molar-refractivity contribution in [2.75, 3.05) is 57.9 Å². The van der Waals surface area contributed by atoms with E-state index in [0.717, 1.165) is 25.1 Å². The van der Waals surface area contributed by atoms with Gasteiger partial charge in [0.1, 0.15) is 0 Å². The lowest BCUT2D eigenvalue weighted by atomic mass is 10.0. The molecular weight excluding hydrogens is 306 g/mol. The van der Waals surface area contributed by atoms with Gasteiger partial charge >= 0.3 is 0 Å². The Morgan fingerprint density at radius 2 is 1.79 bits per heavy atom. The van der Waals surface area contributed by atoms with Gasteiger partial charge in [-0.1, -0.05) is 18.2 Å². The molecular formula is C18H25N3O3. The van der Waals surface area contributed by atoms with E-state index >= 15 is 0 Å². The first-order chi connectivity index (χ1) is 11.6. The minimum Gasteiger partial charge on any atom is -0.378 e. The SMILES string of the molecule is CN(CC(=O)N1CCOCC1)CC(=O)N1CCCc2ccccc21. The van der Waals surface area contributed by atoms with Gasteiger partial charge in [-0.15, -0.1) is 0 Å². The van der Waals surface area contributed by atoms with Crippen molar-refractivity contribution < 1.29 is 14.3 Å². The average molecular weight is 331 g/mol. The molecule has 0 radical (unpaired) electrons. The molecule has 0 atom stereocenters. The summed E-state index contributed by atoms with van der Waals surface area (Å²) in [7, 11) is 1.83. The van der Waals surface area contributed by atoms with Crippen molar-refractivity contribution in [3.8, 4) is 0 Å². The number of morpholine rings is 1. The van der Waals surface area contributed by atoms with Gasteiger partial charge < -0.3 is 14.5 Å². The number of ether oxygens (including phenoxy) is 1.